The van der Waals surface area contributed by atoms with Gasteiger partial charge in [0, 0.05) is 10.5 Å². The fraction of sp³-hybridized carbons (Fsp3) is 0.348. The highest BCUT2D eigenvalue weighted by Crippen LogP contribution is 2.37. The van der Waals surface area contributed by atoms with Crippen molar-refractivity contribution >= 4 is 28.3 Å². The Balaban J connectivity index is 1.69. The van der Waals surface area contributed by atoms with Gasteiger partial charge in [0.25, 0.3) is 0 Å². The Morgan fingerprint density at radius 3 is 2.77 bits per heavy atom. The van der Waals surface area contributed by atoms with E-state index in [4.69, 9.17) is 0 Å². The van der Waals surface area contributed by atoms with Crippen LogP contribution in [0.1, 0.15) is 37.3 Å². The number of hydrogen-bond donors (Lipinski definition) is 1. The molecule has 0 radical (unpaired) electrons. The molecule has 2 nitrogen and oxygen atoms in total. The topological polar surface area (TPSA) is 29.1 Å². The minimum Gasteiger partial charge on any atom is -0.314 e. The summed E-state index contributed by atoms with van der Waals surface area (Å²) in [6.07, 6.45) is 7.11. The molecule has 2 aromatic carbocycles. The third kappa shape index (κ3) is 5.39. The highest BCUT2D eigenvalue weighted by Gasteiger charge is 2.32. The summed E-state index contributed by atoms with van der Waals surface area (Å²) in [5.74, 6) is 0. The monoisotopic (exact) mass is 411 g/mol. The van der Waals surface area contributed by atoms with E-state index < -0.39 is 0 Å². The molecule has 0 aliphatic carbocycles. The van der Waals surface area contributed by atoms with E-state index in [1.807, 2.05) is 30.3 Å². The Hall–Kier alpha value is -1.71. The van der Waals surface area contributed by atoms with Crippen LogP contribution in [0.4, 0.5) is 0 Å². The SMILES string of the molecule is CC1(C/C(C=O)=C/c2cccc(Br)c2)CCNC(Cc2ccccc2)C1. The lowest BCUT2D eigenvalue weighted by molar-refractivity contribution is -0.105. The van der Waals surface area contributed by atoms with Gasteiger partial charge in [0.15, 0.2) is 0 Å². The van der Waals surface area contributed by atoms with Crippen molar-refractivity contribution in [2.45, 2.75) is 38.6 Å². The maximum atomic E-state index is 11.7. The largest absolute Gasteiger partial charge is 0.314 e. The third-order valence-corrected chi connectivity index (χ3v) is 5.70. The molecule has 0 spiro atoms. The number of nitrogens with one attached hydrogen (secondary N) is 1. The molecule has 3 heteroatoms. The summed E-state index contributed by atoms with van der Waals surface area (Å²) in [5, 5.41) is 3.66. The van der Waals surface area contributed by atoms with Gasteiger partial charge in [-0.3, -0.25) is 4.79 Å². The summed E-state index contributed by atoms with van der Waals surface area (Å²) in [6.45, 7) is 3.33. The fourth-order valence-corrected chi connectivity index (χ4v) is 4.40. The minimum absolute atomic E-state index is 0.156. The van der Waals surface area contributed by atoms with Gasteiger partial charge < -0.3 is 5.32 Å². The van der Waals surface area contributed by atoms with Gasteiger partial charge >= 0.3 is 0 Å². The van der Waals surface area contributed by atoms with Crippen LogP contribution in [0.25, 0.3) is 6.08 Å². The van der Waals surface area contributed by atoms with Crippen molar-refractivity contribution < 1.29 is 4.79 Å². The number of hydrogen-bond acceptors (Lipinski definition) is 2. The number of carbonyl (C=O) groups is 1. The fourth-order valence-electron chi connectivity index (χ4n) is 3.98. The molecule has 0 amide bonds. The second-order valence-corrected chi connectivity index (χ2v) is 8.59. The molecular formula is C23H26BrNO. The van der Waals surface area contributed by atoms with Crippen LogP contribution in [0.5, 0.6) is 0 Å². The highest BCUT2D eigenvalue weighted by atomic mass is 79.9. The normalized spacial score (nSPS) is 23.6. The van der Waals surface area contributed by atoms with Gasteiger partial charge in [-0.25, -0.2) is 0 Å². The van der Waals surface area contributed by atoms with Crippen LogP contribution in [0.2, 0.25) is 0 Å². The molecule has 1 fully saturated rings. The predicted octanol–water partition coefficient (Wildman–Crippen LogP) is 5.42. The second-order valence-electron chi connectivity index (χ2n) is 7.67. The Bertz CT molecular complexity index is 771. The number of aldehydes is 1. The van der Waals surface area contributed by atoms with Gasteiger partial charge in [-0.05, 0) is 72.6 Å². The second kappa shape index (κ2) is 8.79. The highest BCUT2D eigenvalue weighted by molar-refractivity contribution is 9.10. The zero-order valence-corrected chi connectivity index (χ0v) is 16.8. The molecule has 2 atom stereocenters. The Morgan fingerprint density at radius 1 is 1.23 bits per heavy atom. The van der Waals surface area contributed by atoms with Gasteiger partial charge in [0.2, 0.25) is 0 Å². The molecule has 136 valence electrons. The molecule has 1 saturated heterocycles. The first-order valence-corrected chi connectivity index (χ1v) is 10.0. The molecule has 3 rings (SSSR count). The summed E-state index contributed by atoms with van der Waals surface area (Å²) in [4.78, 5) is 11.7. The van der Waals surface area contributed by atoms with E-state index in [1.165, 1.54) is 5.56 Å². The number of piperidine rings is 1. The maximum Gasteiger partial charge on any atom is 0.146 e. The van der Waals surface area contributed by atoms with Crippen LogP contribution >= 0.6 is 15.9 Å². The molecule has 0 saturated carbocycles. The van der Waals surface area contributed by atoms with Crippen LogP contribution in [-0.4, -0.2) is 18.9 Å². The van der Waals surface area contributed by atoms with Gasteiger partial charge in [0.1, 0.15) is 6.29 Å². The molecule has 2 unspecified atom stereocenters. The van der Waals surface area contributed by atoms with Crippen LogP contribution in [0.15, 0.2) is 64.6 Å². The summed E-state index contributed by atoms with van der Waals surface area (Å²) in [7, 11) is 0. The van der Waals surface area contributed by atoms with Crippen molar-refractivity contribution in [3.63, 3.8) is 0 Å². The lowest BCUT2D eigenvalue weighted by atomic mass is 9.72. The molecule has 1 aliphatic rings. The van der Waals surface area contributed by atoms with E-state index in [0.29, 0.717) is 6.04 Å². The van der Waals surface area contributed by atoms with Crippen molar-refractivity contribution in [2.24, 2.45) is 5.41 Å². The molecule has 1 N–H and O–H groups in total. The molecule has 2 aromatic rings. The number of allylic oxidation sites excluding steroid dienone is 1. The lowest BCUT2D eigenvalue weighted by Crippen LogP contribution is -2.44. The van der Waals surface area contributed by atoms with Gasteiger partial charge in [-0.1, -0.05) is 65.3 Å². The van der Waals surface area contributed by atoms with Crippen LogP contribution < -0.4 is 5.32 Å². The summed E-state index contributed by atoms with van der Waals surface area (Å²) in [6, 6.07) is 19.2. The average molecular weight is 412 g/mol. The quantitative estimate of drug-likeness (QED) is 0.507. The molecule has 1 aliphatic heterocycles. The zero-order chi connectivity index (χ0) is 18.4. The number of halogens is 1. The first-order valence-electron chi connectivity index (χ1n) is 9.25. The van der Waals surface area contributed by atoms with Crippen molar-refractivity contribution in [2.75, 3.05) is 6.54 Å². The van der Waals surface area contributed by atoms with E-state index >= 15 is 0 Å². The van der Waals surface area contributed by atoms with E-state index in [9.17, 15) is 4.79 Å². The average Bonchev–Trinajstić information content (AvgIpc) is 2.62. The predicted molar refractivity (Wildman–Crippen MR) is 112 cm³/mol. The maximum absolute atomic E-state index is 11.7. The molecule has 1 heterocycles. The molecule has 0 bridgehead atoms. The zero-order valence-electron chi connectivity index (χ0n) is 15.2. The Labute approximate surface area is 164 Å². The first kappa shape index (κ1) is 19.1. The van der Waals surface area contributed by atoms with E-state index in [2.05, 4.69) is 58.5 Å². The summed E-state index contributed by atoms with van der Waals surface area (Å²) in [5.41, 5.74) is 3.48. The number of carbonyl (C=O) groups excluding carboxylic acids is 1. The van der Waals surface area contributed by atoms with E-state index in [0.717, 1.165) is 54.1 Å². The van der Waals surface area contributed by atoms with Gasteiger partial charge in [-0.2, -0.15) is 0 Å². The standard InChI is InChI=1S/C23H26BrNO/c1-23(15-20(17-26)12-19-8-5-9-21(24)13-19)10-11-25-22(16-23)14-18-6-3-2-4-7-18/h2-9,12-13,17,22,25H,10-11,14-16H2,1H3/b20-12-. The van der Waals surface area contributed by atoms with E-state index in [-0.39, 0.29) is 5.41 Å². The minimum atomic E-state index is 0.156. The van der Waals surface area contributed by atoms with Gasteiger partial charge in [-0.15, -0.1) is 0 Å². The van der Waals surface area contributed by atoms with Crippen LogP contribution in [0, 0.1) is 5.41 Å². The summed E-state index contributed by atoms with van der Waals surface area (Å²) < 4.78 is 1.03. The Kier molecular flexibility index (Phi) is 6.44. The number of benzene rings is 2. The van der Waals surface area contributed by atoms with Crippen molar-refractivity contribution in [3.05, 3.63) is 75.8 Å². The van der Waals surface area contributed by atoms with Crippen molar-refractivity contribution in [1.29, 1.82) is 0 Å². The molecule has 0 aromatic heterocycles. The smallest absolute Gasteiger partial charge is 0.146 e. The molecular weight excluding hydrogens is 386 g/mol. The lowest BCUT2D eigenvalue weighted by Gasteiger charge is -2.39. The van der Waals surface area contributed by atoms with Crippen molar-refractivity contribution in [3.8, 4) is 0 Å². The Morgan fingerprint density at radius 2 is 2.04 bits per heavy atom. The van der Waals surface area contributed by atoms with Gasteiger partial charge in [0.05, 0.1) is 0 Å². The van der Waals surface area contributed by atoms with Crippen LogP contribution in [0.3, 0.4) is 0 Å². The van der Waals surface area contributed by atoms with Crippen molar-refractivity contribution in [1.82, 2.24) is 5.32 Å². The number of rotatable bonds is 6. The van der Waals surface area contributed by atoms with E-state index in [1.54, 1.807) is 0 Å². The first-order chi connectivity index (χ1) is 12.6. The van der Waals surface area contributed by atoms with Crippen LogP contribution in [-0.2, 0) is 11.2 Å². The molecule has 26 heavy (non-hydrogen) atoms. The third-order valence-electron chi connectivity index (χ3n) is 5.21. The summed E-state index contributed by atoms with van der Waals surface area (Å²) >= 11 is 3.50.